The lowest BCUT2D eigenvalue weighted by atomic mass is 10.2. The van der Waals surface area contributed by atoms with Crippen LogP contribution in [0, 0.1) is 5.82 Å². The molecular formula is C12H10F4O3. The van der Waals surface area contributed by atoms with E-state index in [1.807, 2.05) is 0 Å². The van der Waals surface area contributed by atoms with E-state index in [0.717, 1.165) is 6.07 Å². The Morgan fingerprint density at radius 1 is 1.21 bits per heavy atom. The summed E-state index contributed by atoms with van der Waals surface area (Å²) < 4.78 is 54.7. The minimum atomic E-state index is -4.87. The van der Waals surface area contributed by atoms with Crippen LogP contribution in [0.4, 0.5) is 17.6 Å². The van der Waals surface area contributed by atoms with E-state index in [1.54, 1.807) is 0 Å². The minimum absolute atomic E-state index is 0.0633. The number of rotatable bonds is 4. The highest BCUT2D eigenvalue weighted by Gasteiger charge is 2.34. The molecule has 0 saturated heterocycles. The lowest BCUT2D eigenvalue weighted by Crippen LogP contribution is -2.12. The van der Waals surface area contributed by atoms with E-state index < -0.39 is 29.3 Å². The van der Waals surface area contributed by atoms with Gasteiger partial charge < -0.3 is 9.53 Å². The maximum Gasteiger partial charge on any atom is 0.419 e. The molecule has 0 bridgehead atoms. The van der Waals surface area contributed by atoms with Crippen LogP contribution in [-0.2, 0) is 15.8 Å². The summed E-state index contributed by atoms with van der Waals surface area (Å²) in [6.45, 7) is 1.27. The van der Waals surface area contributed by atoms with Crippen LogP contribution in [0.2, 0.25) is 0 Å². The molecule has 0 heterocycles. The Morgan fingerprint density at radius 2 is 1.84 bits per heavy atom. The number of Topliss-reactive ketones (excluding diaryl/α,β-unsaturated/α-hetero) is 1. The standard InChI is InChI=1S/C12H10F4O3/c1-7(17)2-5-11(18)19-8-3-4-10(13)9(6-8)12(14,15)16/h3-4,6H,2,5H2,1H3. The fourth-order valence-electron chi connectivity index (χ4n) is 1.25. The zero-order valence-electron chi connectivity index (χ0n) is 9.88. The van der Waals surface area contributed by atoms with Crippen LogP contribution < -0.4 is 4.74 Å². The first-order valence-electron chi connectivity index (χ1n) is 5.27. The Morgan fingerprint density at radius 3 is 2.37 bits per heavy atom. The van der Waals surface area contributed by atoms with Crippen LogP contribution in [0.1, 0.15) is 25.3 Å². The molecule has 0 fully saturated rings. The molecule has 0 saturated carbocycles. The predicted octanol–water partition coefficient (Wildman–Crippen LogP) is 3.12. The van der Waals surface area contributed by atoms with Gasteiger partial charge in [0.15, 0.2) is 0 Å². The molecule has 3 nitrogen and oxygen atoms in total. The Kier molecular flexibility index (Phi) is 4.63. The molecule has 19 heavy (non-hydrogen) atoms. The van der Waals surface area contributed by atoms with Crippen molar-refractivity contribution in [3.63, 3.8) is 0 Å². The fourth-order valence-corrected chi connectivity index (χ4v) is 1.25. The highest BCUT2D eigenvalue weighted by atomic mass is 19.4. The lowest BCUT2D eigenvalue weighted by Gasteiger charge is -2.10. The third-order valence-corrected chi connectivity index (χ3v) is 2.16. The van der Waals surface area contributed by atoms with E-state index in [1.165, 1.54) is 6.92 Å². The monoisotopic (exact) mass is 278 g/mol. The summed E-state index contributed by atoms with van der Waals surface area (Å²) in [4.78, 5) is 21.8. The van der Waals surface area contributed by atoms with Crippen molar-refractivity contribution in [3.8, 4) is 5.75 Å². The second-order valence-electron chi connectivity index (χ2n) is 3.82. The molecule has 1 aromatic carbocycles. The van der Waals surface area contributed by atoms with Crippen LogP contribution in [-0.4, -0.2) is 11.8 Å². The van der Waals surface area contributed by atoms with E-state index in [4.69, 9.17) is 0 Å². The number of ether oxygens (including phenoxy) is 1. The summed E-state index contributed by atoms with van der Waals surface area (Å²) in [5.74, 6) is -2.96. The van der Waals surface area contributed by atoms with Crippen molar-refractivity contribution in [1.29, 1.82) is 0 Å². The minimum Gasteiger partial charge on any atom is -0.427 e. The highest BCUT2D eigenvalue weighted by Crippen LogP contribution is 2.33. The second-order valence-corrected chi connectivity index (χ2v) is 3.82. The molecule has 0 aromatic heterocycles. The normalized spacial score (nSPS) is 11.2. The number of carbonyl (C=O) groups excluding carboxylic acids is 2. The molecule has 0 atom stereocenters. The fraction of sp³-hybridized carbons (Fsp3) is 0.333. The number of ketones is 1. The van der Waals surface area contributed by atoms with Gasteiger partial charge in [-0.1, -0.05) is 0 Å². The first kappa shape index (κ1) is 15.1. The second kappa shape index (κ2) is 5.81. The maximum absolute atomic E-state index is 13.0. The van der Waals surface area contributed by atoms with E-state index in [-0.39, 0.29) is 18.6 Å². The van der Waals surface area contributed by atoms with E-state index in [9.17, 15) is 27.2 Å². The number of alkyl halides is 3. The molecule has 0 unspecified atom stereocenters. The molecule has 0 radical (unpaired) electrons. The predicted molar refractivity (Wildman–Crippen MR) is 57.0 cm³/mol. The molecular weight excluding hydrogens is 268 g/mol. The van der Waals surface area contributed by atoms with Crippen molar-refractivity contribution in [2.75, 3.05) is 0 Å². The smallest absolute Gasteiger partial charge is 0.419 e. The van der Waals surface area contributed by atoms with Crippen molar-refractivity contribution in [2.45, 2.75) is 25.9 Å². The van der Waals surface area contributed by atoms with Gasteiger partial charge in [0.05, 0.1) is 12.0 Å². The van der Waals surface area contributed by atoms with E-state index >= 15 is 0 Å². The summed E-state index contributed by atoms with van der Waals surface area (Å²) in [6, 6.07) is 1.88. The van der Waals surface area contributed by atoms with Crippen LogP contribution in [0.5, 0.6) is 5.75 Å². The Balaban J connectivity index is 2.80. The summed E-state index contributed by atoms with van der Waals surface area (Å²) in [7, 11) is 0. The molecule has 104 valence electrons. The topological polar surface area (TPSA) is 43.4 Å². The van der Waals surface area contributed by atoms with Gasteiger partial charge in [0.1, 0.15) is 17.3 Å². The first-order valence-corrected chi connectivity index (χ1v) is 5.27. The molecule has 0 N–H and O–H groups in total. The van der Waals surface area contributed by atoms with Crippen molar-refractivity contribution < 1.29 is 31.9 Å². The third kappa shape index (κ3) is 4.69. The summed E-state index contributed by atoms with van der Waals surface area (Å²) in [5, 5.41) is 0. The van der Waals surface area contributed by atoms with Crippen molar-refractivity contribution >= 4 is 11.8 Å². The van der Waals surface area contributed by atoms with Gasteiger partial charge >= 0.3 is 12.1 Å². The van der Waals surface area contributed by atoms with Crippen molar-refractivity contribution in [1.82, 2.24) is 0 Å². The van der Waals surface area contributed by atoms with Gasteiger partial charge in [0.2, 0.25) is 0 Å². The highest BCUT2D eigenvalue weighted by molar-refractivity contribution is 5.81. The molecule has 1 rings (SSSR count). The molecule has 0 aliphatic heterocycles. The van der Waals surface area contributed by atoms with Gasteiger partial charge in [0.25, 0.3) is 0 Å². The van der Waals surface area contributed by atoms with Crippen molar-refractivity contribution in [2.24, 2.45) is 0 Å². The number of halogens is 4. The Hall–Kier alpha value is -1.92. The van der Waals surface area contributed by atoms with E-state index in [2.05, 4.69) is 4.74 Å². The molecule has 0 aliphatic rings. The average molecular weight is 278 g/mol. The van der Waals surface area contributed by atoms with Gasteiger partial charge in [-0.25, -0.2) is 4.39 Å². The summed E-state index contributed by atoms with van der Waals surface area (Å²) in [6.07, 6.45) is -5.17. The maximum atomic E-state index is 13.0. The Bertz CT molecular complexity index is 494. The van der Waals surface area contributed by atoms with Gasteiger partial charge in [-0.3, -0.25) is 4.79 Å². The SMILES string of the molecule is CC(=O)CCC(=O)Oc1ccc(F)c(C(F)(F)F)c1. The van der Waals surface area contributed by atoms with Crippen LogP contribution in [0.15, 0.2) is 18.2 Å². The van der Waals surface area contributed by atoms with Crippen LogP contribution in [0.3, 0.4) is 0 Å². The lowest BCUT2D eigenvalue weighted by molar-refractivity contribution is -0.141. The van der Waals surface area contributed by atoms with Gasteiger partial charge in [-0.15, -0.1) is 0 Å². The number of hydrogen-bond donors (Lipinski definition) is 0. The Labute approximate surface area is 106 Å². The van der Waals surface area contributed by atoms with Gasteiger partial charge in [-0.05, 0) is 25.1 Å². The molecule has 0 amide bonds. The third-order valence-electron chi connectivity index (χ3n) is 2.16. The summed E-state index contributed by atoms with van der Waals surface area (Å²) in [5.41, 5.74) is -1.51. The average Bonchev–Trinajstić information content (AvgIpc) is 2.27. The molecule has 7 heteroatoms. The van der Waals surface area contributed by atoms with Crippen molar-refractivity contribution in [3.05, 3.63) is 29.6 Å². The number of carbonyl (C=O) groups is 2. The quantitative estimate of drug-likeness (QED) is 0.483. The molecule has 0 spiro atoms. The number of hydrogen-bond acceptors (Lipinski definition) is 3. The summed E-state index contributed by atoms with van der Waals surface area (Å²) >= 11 is 0. The first-order chi connectivity index (χ1) is 8.70. The van der Waals surface area contributed by atoms with Crippen LogP contribution >= 0.6 is 0 Å². The number of benzene rings is 1. The zero-order chi connectivity index (χ0) is 14.6. The van der Waals surface area contributed by atoms with E-state index in [0.29, 0.717) is 12.1 Å². The number of esters is 1. The molecule has 0 aliphatic carbocycles. The largest absolute Gasteiger partial charge is 0.427 e. The van der Waals surface area contributed by atoms with Gasteiger partial charge in [0, 0.05) is 6.42 Å². The van der Waals surface area contributed by atoms with Gasteiger partial charge in [-0.2, -0.15) is 13.2 Å². The molecule has 1 aromatic rings. The van der Waals surface area contributed by atoms with Crippen LogP contribution in [0.25, 0.3) is 0 Å². The zero-order valence-corrected chi connectivity index (χ0v) is 9.88.